The topological polar surface area (TPSA) is 37.3 Å². The highest BCUT2D eigenvalue weighted by molar-refractivity contribution is 9.10. The average Bonchev–Trinajstić information content (AvgIpc) is 2.13. The number of hydrogen-bond donors (Lipinski definition) is 1. The van der Waals surface area contributed by atoms with Crippen LogP contribution in [0, 0.1) is 5.82 Å². The minimum Gasteiger partial charge on any atom is -0.477 e. The van der Waals surface area contributed by atoms with E-state index in [1.807, 2.05) is 0 Å². The highest BCUT2D eigenvalue weighted by Crippen LogP contribution is 2.36. The molecule has 15 heavy (non-hydrogen) atoms. The summed E-state index contributed by atoms with van der Waals surface area (Å²) in [6.07, 6.45) is 0. The number of aliphatic carboxylic acids is 1. The molecule has 0 amide bonds. The molecule has 0 aromatic heterocycles. The van der Waals surface area contributed by atoms with Gasteiger partial charge in [0.2, 0.25) is 0 Å². The molecule has 0 atom stereocenters. The van der Waals surface area contributed by atoms with Gasteiger partial charge in [-0.25, -0.2) is 9.18 Å². The molecule has 0 radical (unpaired) electrons. The van der Waals surface area contributed by atoms with Gasteiger partial charge in [0.25, 0.3) is 0 Å². The lowest BCUT2D eigenvalue weighted by Crippen LogP contribution is -2.26. The molecule has 1 rings (SSSR count). The quantitative estimate of drug-likeness (QED) is 0.850. The molecular weight excluding hydrogens is 300 g/mol. The summed E-state index contributed by atoms with van der Waals surface area (Å²) in [6, 6.07) is 1.72. The van der Waals surface area contributed by atoms with Crippen LogP contribution in [-0.2, 0) is 10.7 Å². The zero-order chi connectivity index (χ0) is 11.8. The van der Waals surface area contributed by atoms with Gasteiger partial charge in [-0.15, -0.1) is 0 Å². The van der Waals surface area contributed by atoms with Crippen molar-refractivity contribution in [3.05, 3.63) is 33.0 Å². The summed E-state index contributed by atoms with van der Waals surface area (Å²) in [5, 5.41) is 7.63. The third-order valence-corrected chi connectivity index (χ3v) is 2.90. The van der Waals surface area contributed by atoms with Crippen molar-refractivity contribution in [1.29, 1.82) is 0 Å². The predicted molar refractivity (Wildman–Crippen MR) is 50.6 cm³/mol. The van der Waals surface area contributed by atoms with E-state index >= 15 is 0 Å². The lowest BCUT2D eigenvalue weighted by molar-refractivity contribution is -0.166. The highest BCUT2D eigenvalue weighted by Gasteiger charge is 2.44. The molecule has 0 saturated heterocycles. The standard InChI is InChI=1S/C8H3BrClF3O2/c9-4-2-1-3(6(11)5(4)10)8(12,13)7(14)15/h1-2H,(H,14,15). The molecule has 0 heterocycles. The van der Waals surface area contributed by atoms with E-state index in [1.165, 1.54) is 0 Å². The summed E-state index contributed by atoms with van der Waals surface area (Å²) in [5.74, 6) is -8.17. The Morgan fingerprint density at radius 2 is 2.00 bits per heavy atom. The summed E-state index contributed by atoms with van der Waals surface area (Å²) < 4.78 is 39.2. The van der Waals surface area contributed by atoms with Gasteiger partial charge < -0.3 is 5.11 Å². The minimum absolute atomic E-state index is 0.0756. The van der Waals surface area contributed by atoms with Crippen molar-refractivity contribution < 1.29 is 23.1 Å². The van der Waals surface area contributed by atoms with E-state index in [4.69, 9.17) is 16.7 Å². The third-order valence-electron chi connectivity index (χ3n) is 1.64. The molecule has 0 saturated carbocycles. The van der Waals surface area contributed by atoms with E-state index < -0.39 is 28.3 Å². The molecule has 2 nitrogen and oxygen atoms in total. The normalized spacial score (nSPS) is 11.5. The maximum Gasteiger partial charge on any atom is 0.379 e. The average molecular weight is 303 g/mol. The zero-order valence-electron chi connectivity index (χ0n) is 6.90. The second-order valence-corrected chi connectivity index (χ2v) is 3.83. The molecule has 0 aliphatic heterocycles. The lowest BCUT2D eigenvalue weighted by Gasteiger charge is -2.13. The Morgan fingerprint density at radius 1 is 1.47 bits per heavy atom. The first-order chi connectivity index (χ1) is 6.78. The largest absolute Gasteiger partial charge is 0.477 e. The summed E-state index contributed by atoms with van der Waals surface area (Å²) >= 11 is 8.17. The Balaban J connectivity index is 3.40. The molecule has 0 fully saturated rings. The highest BCUT2D eigenvalue weighted by atomic mass is 79.9. The Kier molecular flexibility index (Phi) is 3.30. The molecule has 1 aromatic rings. The van der Waals surface area contributed by atoms with Gasteiger partial charge >= 0.3 is 11.9 Å². The maximum absolute atomic E-state index is 13.2. The fourth-order valence-electron chi connectivity index (χ4n) is 0.884. The van der Waals surface area contributed by atoms with Crippen LogP contribution >= 0.6 is 27.5 Å². The van der Waals surface area contributed by atoms with Crippen LogP contribution in [0.5, 0.6) is 0 Å². The fraction of sp³-hybridized carbons (Fsp3) is 0.125. The van der Waals surface area contributed by atoms with Gasteiger partial charge in [0, 0.05) is 4.47 Å². The van der Waals surface area contributed by atoms with E-state index in [1.54, 1.807) is 0 Å². The number of alkyl halides is 2. The van der Waals surface area contributed by atoms with Crippen molar-refractivity contribution in [2.24, 2.45) is 0 Å². The first-order valence-corrected chi connectivity index (χ1v) is 4.70. The molecule has 82 valence electrons. The first-order valence-electron chi connectivity index (χ1n) is 3.53. The number of carboxylic acid groups (broad SMARTS) is 1. The summed E-state index contributed by atoms with van der Waals surface area (Å²) in [5.41, 5.74) is -1.26. The Bertz CT molecular complexity index is 423. The van der Waals surface area contributed by atoms with Gasteiger partial charge in [-0.3, -0.25) is 0 Å². The molecular formula is C8H3BrClF3O2. The van der Waals surface area contributed by atoms with Gasteiger partial charge in [-0.1, -0.05) is 11.6 Å². The van der Waals surface area contributed by atoms with E-state index in [2.05, 4.69) is 15.9 Å². The van der Waals surface area contributed by atoms with E-state index in [0.717, 1.165) is 6.07 Å². The van der Waals surface area contributed by atoms with Crippen molar-refractivity contribution in [2.45, 2.75) is 5.92 Å². The summed E-state index contributed by atoms with van der Waals surface area (Å²) in [7, 11) is 0. The van der Waals surface area contributed by atoms with Crippen LogP contribution in [0.25, 0.3) is 0 Å². The monoisotopic (exact) mass is 302 g/mol. The number of halogens is 5. The number of carboxylic acids is 1. The van der Waals surface area contributed by atoms with Gasteiger partial charge in [0.05, 0.1) is 10.6 Å². The fourth-order valence-corrected chi connectivity index (χ4v) is 1.35. The van der Waals surface area contributed by atoms with Crippen molar-refractivity contribution in [2.75, 3.05) is 0 Å². The molecule has 1 aromatic carbocycles. The maximum atomic E-state index is 13.2. The molecule has 0 aliphatic carbocycles. The predicted octanol–water partition coefficient (Wildman–Crippen LogP) is 3.42. The molecule has 1 N–H and O–H groups in total. The molecule has 0 spiro atoms. The smallest absolute Gasteiger partial charge is 0.379 e. The molecule has 0 unspecified atom stereocenters. The molecule has 0 aliphatic rings. The van der Waals surface area contributed by atoms with Crippen LogP contribution < -0.4 is 0 Å². The summed E-state index contributed by atoms with van der Waals surface area (Å²) in [4.78, 5) is 10.2. The van der Waals surface area contributed by atoms with Crippen LogP contribution in [0.3, 0.4) is 0 Å². The second-order valence-electron chi connectivity index (χ2n) is 2.60. The Labute approximate surface area is 95.8 Å². The number of benzene rings is 1. The van der Waals surface area contributed by atoms with Gasteiger partial charge in [0.1, 0.15) is 0 Å². The van der Waals surface area contributed by atoms with E-state index in [-0.39, 0.29) is 4.47 Å². The van der Waals surface area contributed by atoms with Crippen molar-refractivity contribution in [3.63, 3.8) is 0 Å². The third kappa shape index (κ3) is 2.10. The van der Waals surface area contributed by atoms with E-state index in [9.17, 15) is 18.0 Å². The van der Waals surface area contributed by atoms with Gasteiger partial charge in [0.15, 0.2) is 5.82 Å². The van der Waals surface area contributed by atoms with Gasteiger partial charge in [-0.2, -0.15) is 8.78 Å². The van der Waals surface area contributed by atoms with Crippen LogP contribution in [0.2, 0.25) is 5.02 Å². The SMILES string of the molecule is O=C(O)C(F)(F)c1ccc(Br)c(Cl)c1F. The van der Waals surface area contributed by atoms with Crippen LogP contribution in [0.1, 0.15) is 5.56 Å². The van der Waals surface area contributed by atoms with Crippen LogP contribution in [0.4, 0.5) is 13.2 Å². The zero-order valence-corrected chi connectivity index (χ0v) is 9.24. The lowest BCUT2D eigenvalue weighted by atomic mass is 10.1. The van der Waals surface area contributed by atoms with Gasteiger partial charge in [-0.05, 0) is 28.1 Å². The number of hydrogen-bond acceptors (Lipinski definition) is 1. The van der Waals surface area contributed by atoms with Crippen LogP contribution in [-0.4, -0.2) is 11.1 Å². The Morgan fingerprint density at radius 3 is 2.47 bits per heavy atom. The Hall–Kier alpha value is -0.750. The second kappa shape index (κ2) is 4.02. The summed E-state index contributed by atoms with van der Waals surface area (Å²) in [6.45, 7) is 0. The minimum atomic E-state index is -4.30. The van der Waals surface area contributed by atoms with Crippen molar-refractivity contribution in [1.82, 2.24) is 0 Å². The van der Waals surface area contributed by atoms with Crippen LogP contribution in [0.15, 0.2) is 16.6 Å². The molecule has 7 heteroatoms. The van der Waals surface area contributed by atoms with Crippen molar-refractivity contribution in [3.8, 4) is 0 Å². The molecule has 0 bridgehead atoms. The van der Waals surface area contributed by atoms with Crippen molar-refractivity contribution >= 4 is 33.5 Å². The van der Waals surface area contributed by atoms with E-state index in [0.29, 0.717) is 6.07 Å². The first kappa shape index (κ1) is 12.3. The number of carbonyl (C=O) groups is 1. The number of rotatable bonds is 2.